The molecule has 0 aliphatic heterocycles. The van der Waals surface area contributed by atoms with Crippen LogP contribution >= 0.6 is 0 Å². The molecule has 17 heavy (non-hydrogen) atoms. The number of carbonyl (C=O) groups excluding carboxylic acids is 1. The number of aliphatic hydroxyl groups is 1. The molecule has 4 nitrogen and oxygen atoms in total. The number of nitrogens with two attached hydrogens (primary N) is 1. The maximum Gasteiger partial charge on any atom is 0.416 e. The Bertz CT molecular complexity index is 406. The number of rotatable bonds is 3. The number of aliphatic hydroxyl groups excluding tert-OH is 1. The monoisotopic (exact) mass is 249 g/mol. The highest BCUT2D eigenvalue weighted by Gasteiger charge is 2.30. The molecule has 1 amide bonds. The summed E-state index contributed by atoms with van der Waals surface area (Å²) in [5, 5.41) is 9.46. The Morgan fingerprint density at radius 1 is 1.47 bits per heavy atom. The molecule has 0 saturated carbocycles. The molecular weight excluding hydrogens is 239 g/mol. The molecule has 0 aromatic heterocycles. The third-order valence-electron chi connectivity index (χ3n) is 1.98. The van der Waals surface area contributed by atoms with Gasteiger partial charge in [-0.25, -0.2) is 4.79 Å². The van der Waals surface area contributed by atoms with Crippen LogP contribution < -0.4 is 5.73 Å². The number of benzene rings is 1. The van der Waals surface area contributed by atoms with Crippen LogP contribution in [0, 0.1) is 0 Å². The van der Waals surface area contributed by atoms with Crippen molar-refractivity contribution in [2.24, 2.45) is 5.73 Å². The Morgan fingerprint density at radius 3 is 2.65 bits per heavy atom. The van der Waals surface area contributed by atoms with Gasteiger partial charge < -0.3 is 15.6 Å². The van der Waals surface area contributed by atoms with Crippen molar-refractivity contribution in [3.05, 3.63) is 35.4 Å². The summed E-state index contributed by atoms with van der Waals surface area (Å²) >= 11 is 0. The fourth-order valence-corrected chi connectivity index (χ4v) is 1.18. The summed E-state index contributed by atoms with van der Waals surface area (Å²) in [6, 6.07) is 4.12. The normalized spacial score (nSPS) is 13.2. The average molecular weight is 249 g/mol. The molecule has 0 saturated heterocycles. The molecule has 3 N–H and O–H groups in total. The third kappa shape index (κ3) is 3.95. The summed E-state index contributed by atoms with van der Waals surface area (Å²) in [7, 11) is 0. The van der Waals surface area contributed by atoms with Crippen LogP contribution in [-0.4, -0.2) is 17.8 Å². The van der Waals surface area contributed by atoms with Crippen LogP contribution in [0.5, 0.6) is 0 Å². The van der Waals surface area contributed by atoms with Gasteiger partial charge in [-0.1, -0.05) is 12.1 Å². The Hall–Kier alpha value is -1.76. The Balaban J connectivity index is 2.81. The van der Waals surface area contributed by atoms with Gasteiger partial charge in [0.1, 0.15) is 12.7 Å². The molecule has 1 atom stereocenters. The molecule has 0 fully saturated rings. The first-order chi connectivity index (χ1) is 7.80. The van der Waals surface area contributed by atoms with Crippen LogP contribution in [0.3, 0.4) is 0 Å². The quantitative estimate of drug-likeness (QED) is 0.858. The van der Waals surface area contributed by atoms with E-state index in [1.54, 1.807) is 0 Å². The van der Waals surface area contributed by atoms with Gasteiger partial charge in [-0.3, -0.25) is 0 Å². The summed E-state index contributed by atoms with van der Waals surface area (Å²) in [5.74, 6) is 0. The lowest BCUT2D eigenvalue weighted by atomic mass is 10.1. The van der Waals surface area contributed by atoms with E-state index in [9.17, 15) is 23.1 Å². The molecule has 0 heterocycles. The predicted molar refractivity (Wildman–Crippen MR) is 51.9 cm³/mol. The van der Waals surface area contributed by atoms with Gasteiger partial charge in [-0.15, -0.1) is 0 Å². The van der Waals surface area contributed by atoms with E-state index < -0.39 is 30.5 Å². The van der Waals surface area contributed by atoms with Crippen molar-refractivity contribution in [2.45, 2.75) is 12.3 Å². The van der Waals surface area contributed by atoms with Crippen molar-refractivity contribution in [1.82, 2.24) is 0 Å². The van der Waals surface area contributed by atoms with Gasteiger partial charge in [-0.2, -0.15) is 13.2 Å². The van der Waals surface area contributed by atoms with Gasteiger partial charge >= 0.3 is 12.3 Å². The second kappa shape index (κ2) is 5.05. The smallest absolute Gasteiger partial charge is 0.416 e. The first kappa shape index (κ1) is 13.3. The van der Waals surface area contributed by atoms with Gasteiger partial charge in [0.2, 0.25) is 0 Å². The molecule has 0 spiro atoms. The largest absolute Gasteiger partial charge is 0.447 e. The third-order valence-corrected chi connectivity index (χ3v) is 1.98. The Labute approximate surface area is 94.8 Å². The number of primary amides is 1. The number of amides is 1. The van der Waals surface area contributed by atoms with E-state index in [-0.39, 0.29) is 5.56 Å². The topological polar surface area (TPSA) is 72.6 Å². The van der Waals surface area contributed by atoms with E-state index >= 15 is 0 Å². The van der Waals surface area contributed by atoms with Gasteiger partial charge in [-0.05, 0) is 17.7 Å². The number of alkyl halides is 3. The SMILES string of the molecule is NC(=O)OCC(O)c1cccc(C(F)(F)F)c1. The van der Waals surface area contributed by atoms with E-state index in [0.717, 1.165) is 18.2 Å². The van der Waals surface area contributed by atoms with Crippen LogP contribution in [0.4, 0.5) is 18.0 Å². The molecule has 94 valence electrons. The van der Waals surface area contributed by atoms with E-state index in [2.05, 4.69) is 10.5 Å². The minimum Gasteiger partial charge on any atom is -0.447 e. The molecule has 1 aromatic rings. The number of hydrogen-bond donors (Lipinski definition) is 2. The number of halogens is 3. The van der Waals surface area contributed by atoms with Crippen LogP contribution in [0.15, 0.2) is 24.3 Å². The average Bonchev–Trinajstić information content (AvgIpc) is 2.25. The van der Waals surface area contributed by atoms with Crippen LogP contribution in [0.2, 0.25) is 0 Å². The fourth-order valence-electron chi connectivity index (χ4n) is 1.18. The molecule has 7 heteroatoms. The molecular formula is C10H10F3NO3. The Morgan fingerprint density at radius 2 is 2.12 bits per heavy atom. The van der Waals surface area contributed by atoms with Crippen molar-refractivity contribution >= 4 is 6.09 Å². The van der Waals surface area contributed by atoms with Crippen molar-refractivity contribution in [2.75, 3.05) is 6.61 Å². The first-order valence-corrected chi connectivity index (χ1v) is 4.58. The summed E-state index contributed by atoms with van der Waals surface area (Å²) in [4.78, 5) is 10.3. The highest BCUT2D eigenvalue weighted by Crippen LogP contribution is 2.30. The van der Waals surface area contributed by atoms with Gasteiger partial charge in [0.05, 0.1) is 5.56 Å². The molecule has 1 unspecified atom stereocenters. The lowest BCUT2D eigenvalue weighted by molar-refractivity contribution is -0.137. The van der Waals surface area contributed by atoms with Crippen LogP contribution in [-0.2, 0) is 10.9 Å². The van der Waals surface area contributed by atoms with Gasteiger partial charge in [0.15, 0.2) is 0 Å². The highest BCUT2D eigenvalue weighted by molar-refractivity contribution is 5.64. The second-order valence-corrected chi connectivity index (χ2v) is 3.27. The molecule has 1 aromatic carbocycles. The standard InChI is InChI=1S/C10H10F3NO3/c11-10(12,13)7-3-1-2-6(4-7)8(15)5-17-9(14)16/h1-4,8,15H,5H2,(H2,14,16). The van der Waals surface area contributed by atoms with E-state index in [4.69, 9.17) is 0 Å². The van der Waals surface area contributed by atoms with E-state index in [1.807, 2.05) is 0 Å². The van der Waals surface area contributed by atoms with Crippen LogP contribution in [0.1, 0.15) is 17.2 Å². The van der Waals surface area contributed by atoms with Crippen molar-refractivity contribution < 1.29 is 27.8 Å². The van der Waals surface area contributed by atoms with Gasteiger partial charge in [0, 0.05) is 0 Å². The molecule has 0 aliphatic rings. The lowest BCUT2D eigenvalue weighted by Crippen LogP contribution is -2.18. The first-order valence-electron chi connectivity index (χ1n) is 4.58. The minimum atomic E-state index is -4.49. The molecule has 0 aliphatic carbocycles. The van der Waals surface area contributed by atoms with Gasteiger partial charge in [0.25, 0.3) is 0 Å². The number of carbonyl (C=O) groups is 1. The summed E-state index contributed by atoms with van der Waals surface area (Å²) < 4.78 is 41.4. The molecule has 0 bridgehead atoms. The predicted octanol–water partition coefficient (Wildman–Crippen LogP) is 1.83. The second-order valence-electron chi connectivity index (χ2n) is 3.27. The van der Waals surface area contributed by atoms with Crippen molar-refractivity contribution in [3.8, 4) is 0 Å². The lowest BCUT2D eigenvalue weighted by Gasteiger charge is -2.13. The van der Waals surface area contributed by atoms with E-state index in [0.29, 0.717) is 0 Å². The zero-order valence-corrected chi connectivity index (χ0v) is 8.57. The number of hydrogen-bond acceptors (Lipinski definition) is 3. The summed E-state index contributed by atoms with van der Waals surface area (Å²) in [5.41, 5.74) is 3.79. The summed E-state index contributed by atoms with van der Waals surface area (Å²) in [6.45, 7) is -0.489. The maximum absolute atomic E-state index is 12.4. The Kier molecular flexibility index (Phi) is 3.95. The summed E-state index contributed by atoms with van der Waals surface area (Å²) in [6.07, 6.45) is -6.93. The fraction of sp³-hybridized carbons (Fsp3) is 0.300. The van der Waals surface area contributed by atoms with Crippen molar-refractivity contribution in [1.29, 1.82) is 0 Å². The molecule has 1 rings (SSSR count). The molecule has 0 radical (unpaired) electrons. The van der Waals surface area contributed by atoms with Crippen LogP contribution in [0.25, 0.3) is 0 Å². The zero-order valence-electron chi connectivity index (χ0n) is 8.57. The van der Waals surface area contributed by atoms with Crippen molar-refractivity contribution in [3.63, 3.8) is 0 Å². The highest BCUT2D eigenvalue weighted by atomic mass is 19.4. The minimum absolute atomic E-state index is 0.000995. The maximum atomic E-state index is 12.4. The number of ether oxygens (including phenoxy) is 1. The van der Waals surface area contributed by atoms with E-state index in [1.165, 1.54) is 6.07 Å². The zero-order chi connectivity index (χ0) is 13.1.